The Bertz CT molecular complexity index is 797. The zero-order valence-electron chi connectivity index (χ0n) is 12.9. The minimum Gasteiger partial charge on any atom is -0.480 e. The Hall–Kier alpha value is -2.61. The standard InChI is InChI=1S/C17H14ClN2O5/c18-11-7-5-10(6-8-11)9-19-13-4-2-1-3-12(13)15(21)20(19)14(16(22)23)17(24)25/h1-8,14-15H,9H2,(H,22,23)(H,24,25). The summed E-state index contributed by atoms with van der Waals surface area (Å²) in [6, 6.07) is 11.4. The number of halogens is 1. The van der Waals surface area contributed by atoms with Crippen LogP contribution >= 0.6 is 11.6 Å². The van der Waals surface area contributed by atoms with Crippen molar-refractivity contribution >= 4 is 29.2 Å². The van der Waals surface area contributed by atoms with Crippen LogP contribution in [0.4, 0.5) is 5.69 Å². The molecule has 1 radical (unpaired) electrons. The molecule has 0 aromatic heterocycles. The molecule has 1 aliphatic heterocycles. The van der Waals surface area contributed by atoms with Gasteiger partial charge in [-0.15, -0.1) is 0 Å². The Morgan fingerprint density at radius 2 is 1.64 bits per heavy atom. The smallest absolute Gasteiger partial charge is 0.334 e. The van der Waals surface area contributed by atoms with Gasteiger partial charge in [0.05, 0.1) is 12.2 Å². The first-order chi connectivity index (χ1) is 11.9. The van der Waals surface area contributed by atoms with E-state index in [9.17, 15) is 24.9 Å². The number of carboxylic acid groups (broad SMARTS) is 2. The molecule has 7 nitrogen and oxygen atoms in total. The van der Waals surface area contributed by atoms with Crippen LogP contribution in [-0.4, -0.2) is 33.2 Å². The Morgan fingerprint density at radius 1 is 1.04 bits per heavy atom. The maximum atomic E-state index is 12.7. The third-order valence-corrected chi connectivity index (χ3v) is 4.23. The van der Waals surface area contributed by atoms with Gasteiger partial charge in [-0.05, 0) is 23.8 Å². The molecule has 0 spiro atoms. The first-order valence-corrected chi connectivity index (χ1v) is 7.78. The Balaban J connectivity index is 2.04. The molecule has 2 N–H and O–H groups in total. The topological polar surface area (TPSA) is 101 Å². The van der Waals surface area contributed by atoms with E-state index in [1.807, 2.05) is 0 Å². The van der Waals surface area contributed by atoms with E-state index in [-0.39, 0.29) is 6.54 Å². The summed E-state index contributed by atoms with van der Waals surface area (Å²) in [6.07, 6.45) is -1.62. The Kier molecular flexibility index (Phi) is 4.63. The summed E-state index contributed by atoms with van der Waals surface area (Å²) >= 11 is 5.87. The fourth-order valence-corrected chi connectivity index (χ4v) is 2.99. The molecule has 0 saturated heterocycles. The summed E-state index contributed by atoms with van der Waals surface area (Å²) in [6.45, 7) is 0.143. The number of carbonyl (C=O) groups is 2. The summed E-state index contributed by atoms with van der Waals surface area (Å²) in [5, 5.41) is 34.1. The maximum Gasteiger partial charge on any atom is 0.334 e. The van der Waals surface area contributed by atoms with Crippen LogP contribution in [0.5, 0.6) is 0 Å². The molecule has 0 amide bonds. The van der Waals surface area contributed by atoms with Gasteiger partial charge < -0.3 is 10.2 Å². The van der Waals surface area contributed by atoms with Crippen molar-refractivity contribution in [2.45, 2.75) is 18.8 Å². The third-order valence-electron chi connectivity index (χ3n) is 3.98. The van der Waals surface area contributed by atoms with Gasteiger partial charge in [-0.3, -0.25) is 5.01 Å². The van der Waals surface area contributed by atoms with Crippen molar-refractivity contribution in [3.05, 3.63) is 64.7 Å². The van der Waals surface area contributed by atoms with Gasteiger partial charge >= 0.3 is 11.9 Å². The van der Waals surface area contributed by atoms with Gasteiger partial charge in [0.15, 0.2) is 6.23 Å². The van der Waals surface area contributed by atoms with Gasteiger partial charge in [0.1, 0.15) is 0 Å². The summed E-state index contributed by atoms with van der Waals surface area (Å²) in [5.41, 5.74) is 1.58. The SMILES string of the molecule is [O]C1c2ccccc2N(Cc2ccc(Cl)cc2)N1C(C(=O)O)C(=O)O. The number of anilines is 1. The van der Waals surface area contributed by atoms with Gasteiger partial charge in [-0.1, -0.05) is 41.9 Å². The van der Waals surface area contributed by atoms with Crippen LogP contribution in [0.3, 0.4) is 0 Å². The predicted molar refractivity (Wildman–Crippen MR) is 88.4 cm³/mol. The number of para-hydroxylation sites is 1. The number of hydrogen-bond acceptors (Lipinski definition) is 4. The molecule has 0 aliphatic carbocycles. The Morgan fingerprint density at radius 3 is 2.24 bits per heavy atom. The lowest BCUT2D eigenvalue weighted by atomic mass is 10.1. The number of benzene rings is 2. The van der Waals surface area contributed by atoms with Crippen LogP contribution < -0.4 is 5.01 Å². The molecule has 1 aliphatic rings. The minimum atomic E-state index is -1.98. The number of hydrazine groups is 1. The summed E-state index contributed by atoms with van der Waals surface area (Å²) in [4.78, 5) is 22.9. The van der Waals surface area contributed by atoms with Gasteiger partial charge in [0.25, 0.3) is 0 Å². The van der Waals surface area contributed by atoms with Gasteiger partial charge in [0.2, 0.25) is 6.04 Å². The predicted octanol–water partition coefficient (Wildman–Crippen LogP) is 2.54. The second-order valence-corrected chi connectivity index (χ2v) is 5.99. The van der Waals surface area contributed by atoms with Gasteiger partial charge in [-0.25, -0.2) is 14.7 Å². The van der Waals surface area contributed by atoms with E-state index in [0.29, 0.717) is 16.3 Å². The van der Waals surface area contributed by atoms with E-state index in [2.05, 4.69) is 0 Å². The second-order valence-electron chi connectivity index (χ2n) is 5.55. The van der Waals surface area contributed by atoms with E-state index in [0.717, 1.165) is 10.6 Å². The molecular formula is C17H14ClN2O5. The number of nitrogens with zero attached hydrogens (tertiary/aromatic N) is 2. The van der Waals surface area contributed by atoms with Gasteiger partial charge in [0, 0.05) is 10.6 Å². The molecule has 0 saturated carbocycles. The number of hydrogen-bond donors (Lipinski definition) is 2. The van der Waals surface area contributed by atoms with Crippen LogP contribution in [0.2, 0.25) is 5.02 Å². The zero-order chi connectivity index (χ0) is 18.1. The average Bonchev–Trinajstić information content (AvgIpc) is 2.83. The van der Waals surface area contributed by atoms with Crippen LogP contribution in [-0.2, 0) is 21.2 Å². The normalized spacial score (nSPS) is 16.9. The van der Waals surface area contributed by atoms with Crippen LogP contribution in [0.15, 0.2) is 48.5 Å². The third kappa shape index (κ3) is 3.17. The van der Waals surface area contributed by atoms with Crippen LogP contribution in [0.1, 0.15) is 17.4 Å². The molecule has 1 atom stereocenters. The minimum absolute atomic E-state index is 0.143. The molecule has 2 aromatic rings. The highest BCUT2D eigenvalue weighted by Gasteiger charge is 2.47. The lowest BCUT2D eigenvalue weighted by Gasteiger charge is -2.33. The lowest BCUT2D eigenvalue weighted by molar-refractivity contribution is -0.166. The van der Waals surface area contributed by atoms with Crippen LogP contribution in [0, 0.1) is 0 Å². The summed E-state index contributed by atoms with van der Waals surface area (Å²) < 4.78 is 0. The van der Waals surface area contributed by atoms with Crippen molar-refractivity contribution in [3.8, 4) is 0 Å². The van der Waals surface area contributed by atoms with Crippen molar-refractivity contribution in [1.82, 2.24) is 5.01 Å². The van der Waals surface area contributed by atoms with Gasteiger partial charge in [-0.2, -0.15) is 5.01 Å². The first kappa shape index (κ1) is 17.2. The van der Waals surface area contributed by atoms with E-state index in [1.54, 1.807) is 48.5 Å². The maximum absolute atomic E-state index is 12.7. The summed E-state index contributed by atoms with van der Waals surface area (Å²) in [5.74, 6) is -3.19. The monoisotopic (exact) mass is 361 g/mol. The van der Waals surface area contributed by atoms with E-state index in [4.69, 9.17) is 11.6 Å². The molecule has 2 aromatic carbocycles. The first-order valence-electron chi connectivity index (χ1n) is 7.40. The fraction of sp³-hybridized carbons (Fsp3) is 0.176. The average molecular weight is 362 g/mol. The van der Waals surface area contributed by atoms with Crippen molar-refractivity contribution in [1.29, 1.82) is 0 Å². The van der Waals surface area contributed by atoms with E-state index >= 15 is 0 Å². The quantitative estimate of drug-likeness (QED) is 0.794. The molecule has 0 bridgehead atoms. The molecule has 3 rings (SSSR count). The van der Waals surface area contributed by atoms with E-state index in [1.165, 1.54) is 5.01 Å². The van der Waals surface area contributed by atoms with Crippen LogP contribution in [0.25, 0.3) is 0 Å². The highest BCUT2D eigenvalue weighted by Crippen LogP contribution is 2.41. The van der Waals surface area contributed by atoms with Crippen molar-refractivity contribution in [2.75, 3.05) is 5.01 Å². The molecule has 0 fully saturated rings. The molecule has 1 unspecified atom stereocenters. The largest absolute Gasteiger partial charge is 0.480 e. The van der Waals surface area contributed by atoms with Crippen molar-refractivity contribution in [2.24, 2.45) is 0 Å². The molecule has 129 valence electrons. The molecule has 8 heteroatoms. The molecule has 25 heavy (non-hydrogen) atoms. The number of carboxylic acids is 2. The second kappa shape index (κ2) is 6.72. The highest BCUT2D eigenvalue weighted by molar-refractivity contribution is 6.30. The number of fused-ring (bicyclic) bond motifs is 1. The number of rotatable bonds is 5. The Labute approximate surface area is 148 Å². The lowest BCUT2D eigenvalue weighted by Crippen LogP contribution is -2.53. The highest BCUT2D eigenvalue weighted by atomic mass is 35.5. The zero-order valence-corrected chi connectivity index (χ0v) is 13.6. The van der Waals surface area contributed by atoms with Crippen molar-refractivity contribution < 1.29 is 24.9 Å². The fourth-order valence-electron chi connectivity index (χ4n) is 2.86. The molecule has 1 heterocycles. The summed E-state index contributed by atoms with van der Waals surface area (Å²) in [7, 11) is 0. The molecular weight excluding hydrogens is 348 g/mol. The number of aliphatic carboxylic acids is 2. The van der Waals surface area contributed by atoms with E-state index < -0.39 is 24.2 Å². The van der Waals surface area contributed by atoms with Crippen molar-refractivity contribution in [3.63, 3.8) is 0 Å².